The van der Waals surface area contributed by atoms with Crippen LogP contribution in [0.5, 0.6) is 0 Å². The molecule has 0 bridgehead atoms. The number of nitrogens with zero attached hydrogens (tertiary/aromatic N) is 1. The Kier molecular flexibility index (Phi) is 3.21. The Balaban J connectivity index is 2.41. The monoisotopic (exact) mass is 258 g/mol. The number of halogens is 1. The van der Waals surface area contributed by atoms with Crippen LogP contribution < -0.4 is 11.2 Å². The van der Waals surface area contributed by atoms with E-state index in [1.165, 1.54) is 16.8 Å². The van der Waals surface area contributed by atoms with Crippen LogP contribution in [0.3, 0.4) is 0 Å². The van der Waals surface area contributed by atoms with Gasteiger partial charge >= 0.3 is 5.69 Å². The van der Waals surface area contributed by atoms with Gasteiger partial charge in [0, 0.05) is 11.8 Å². The average Bonchev–Trinajstić information content (AvgIpc) is 2.65. The fraction of sp³-hybridized carbons (Fsp3) is 0.400. The summed E-state index contributed by atoms with van der Waals surface area (Å²) in [5.74, 6) is -0.446. The molecule has 2 atom stereocenters. The number of rotatable bonds is 2. The van der Waals surface area contributed by atoms with Crippen molar-refractivity contribution in [1.29, 1.82) is 0 Å². The minimum Gasteiger partial charge on any atom is -0.395 e. The molecule has 17 heavy (non-hydrogen) atoms. The Morgan fingerprint density at radius 1 is 1.59 bits per heavy atom. The number of hydrogen-bond acceptors (Lipinski definition) is 4. The number of thioether (sulfide) groups is 1. The van der Waals surface area contributed by atoms with Gasteiger partial charge in [0.2, 0.25) is 0 Å². The van der Waals surface area contributed by atoms with Gasteiger partial charge in [-0.15, -0.1) is 11.8 Å². The van der Waals surface area contributed by atoms with Crippen molar-refractivity contribution in [2.75, 3.05) is 6.61 Å². The molecule has 1 aromatic heterocycles. The molecule has 0 saturated heterocycles. The van der Waals surface area contributed by atoms with Crippen LogP contribution in [0.15, 0.2) is 27.7 Å². The largest absolute Gasteiger partial charge is 0.395 e. The highest BCUT2D eigenvalue weighted by atomic mass is 32.2. The van der Waals surface area contributed by atoms with E-state index in [0.717, 1.165) is 11.8 Å². The summed E-state index contributed by atoms with van der Waals surface area (Å²) in [6.45, 7) is 1.25. The van der Waals surface area contributed by atoms with Crippen molar-refractivity contribution in [3.63, 3.8) is 0 Å². The maximum atomic E-state index is 13.3. The van der Waals surface area contributed by atoms with E-state index in [1.807, 2.05) is 0 Å². The molecule has 0 aliphatic carbocycles. The Labute approximate surface area is 100.0 Å². The highest BCUT2D eigenvalue weighted by molar-refractivity contribution is 8.00. The van der Waals surface area contributed by atoms with Gasteiger partial charge in [-0.05, 0) is 13.0 Å². The molecular formula is C10H11FN2O3S. The predicted molar refractivity (Wildman–Crippen MR) is 62.8 cm³/mol. The first-order valence-electron chi connectivity index (χ1n) is 4.98. The van der Waals surface area contributed by atoms with Crippen molar-refractivity contribution in [2.45, 2.75) is 17.5 Å². The highest BCUT2D eigenvalue weighted by Crippen LogP contribution is 2.39. The molecule has 2 N–H and O–H groups in total. The third-order valence-corrected chi connectivity index (χ3v) is 3.84. The number of aliphatic hydroxyl groups excluding tert-OH is 1. The Bertz CT molecular complexity index is 578. The third kappa shape index (κ3) is 2.20. The summed E-state index contributed by atoms with van der Waals surface area (Å²) in [4.78, 5) is 24.9. The molecule has 0 amide bonds. The molecule has 1 aliphatic rings. The lowest BCUT2D eigenvalue weighted by molar-refractivity contribution is 0.295. The number of aliphatic hydroxyl groups is 1. The van der Waals surface area contributed by atoms with Crippen LogP contribution in [-0.2, 0) is 0 Å². The quantitative estimate of drug-likeness (QED) is 0.800. The van der Waals surface area contributed by atoms with Crippen molar-refractivity contribution in [3.05, 3.63) is 44.5 Å². The topological polar surface area (TPSA) is 75.1 Å². The SMILES string of the molecule is Cc1cn([C@H]2C=C(F)[C@@H](CO)S2)c(=O)[nH]c1=O. The van der Waals surface area contributed by atoms with Crippen LogP contribution in [-0.4, -0.2) is 26.5 Å². The van der Waals surface area contributed by atoms with Gasteiger partial charge in [0.15, 0.2) is 0 Å². The second kappa shape index (κ2) is 4.50. The van der Waals surface area contributed by atoms with Gasteiger partial charge < -0.3 is 5.11 Å². The van der Waals surface area contributed by atoms with Crippen molar-refractivity contribution >= 4 is 11.8 Å². The number of aryl methyl sites for hydroxylation is 1. The standard InChI is InChI=1S/C10H11FN2O3S/c1-5-3-13(10(16)12-9(5)15)8-2-6(11)7(4-14)17-8/h2-3,7-8,14H,4H2,1H3,(H,12,15,16)/t7-,8-/m1/s1. The summed E-state index contributed by atoms with van der Waals surface area (Å²) in [7, 11) is 0. The molecule has 7 heteroatoms. The molecule has 0 spiro atoms. The fourth-order valence-corrected chi connectivity index (χ4v) is 2.69. The Morgan fingerprint density at radius 2 is 2.29 bits per heavy atom. The summed E-state index contributed by atoms with van der Waals surface area (Å²) < 4.78 is 14.6. The Morgan fingerprint density at radius 3 is 2.88 bits per heavy atom. The van der Waals surface area contributed by atoms with Crippen LogP contribution in [0, 0.1) is 6.92 Å². The van der Waals surface area contributed by atoms with Gasteiger partial charge in [-0.3, -0.25) is 14.3 Å². The van der Waals surface area contributed by atoms with E-state index in [2.05, 4.69) is 4.98 Å². The lowest BCUT2D eigenvalue weighted by atomic mass is 10.3. The van der Waals surface area contributed by atoms with Crippen molar-refractivity contribution in [1.82, 2.24) is 9.55 Å². The number of nitrogens with one attached hydrogen (secondary N) is 1. The fourth-order valence-electron chi connectivity index (χ4n) is 1.57. The zero-order valence-corrected chi connectivity index (χ0v) is 9.83. The van der Waals surface area contributed by atoms with E-state index < -0.39 is 27.7 Å². The molecule has 0 aromatic carbocycles. The predicted octanol–water partition coefficient (Wildman–Crippen LogP) is 0.305. The number of aromatic nitrogens is 2. The minimum atomic E-state index is -0.640. The molecule has 92 valence electrons. The van der Waals surface area contributed by atoms with Gasteiger partial charge in [-0.25, -0.2) is 9.18 Å². The van der Waals surface area contributed by atoms with E-state index in [1.54, 1.807) is 6.92 Å². The van der Waals surface area contributed by atoms with Crippen LogP contribution in [0.1, 0.15) is 10.9 Å². The average molecular weight is 258 g/mol. The normalized spacial score (nSPS) is 23.8. The van der Waals surface area contributed by atoms with E-state index >= 15 is 0 Å². The van der Waals surface area contributed by atoms with Gasteiger partial charge in [0.25, 0.3) is 5.56 Å². The summed E-state index contributed by atoms with van der Waals surface area (Å²) in [6.07, 6.45) is 2.66. The third-order valence-electron chi connectivity index (χ3n) is 2.50. The first kappa shape index (κ1) is 12.1. The van der Waals surface area contributed by atoms with Crippen molar-refractivity contribution < 1.29 is 9.50 Å². The molecule has 2 rings (SSSR count). The zero-order chi connectivity index (χ0) is 12.6. The molecule has 2 heterocycles. The van der Waals surface area contributed by atoms with Crippen molar-refractivity contribution in [2.24, 2.45) is 0 Å². The summed E-state index contributed by atoms with van der Waals surface area (Å²) in [6, 6.07) is 0. The maximum absolute atomic E-state index is 13.3. The molecule has 0 saturated carbocycles. The molecule has 5 nitrogen and oxygen atoms in total. The zero-order valence-electron chi connectivity index (χ0n) is 9.01. The molecule has 0 fully saturated rings. The first-order valence-corrected chi connectivity index (χ1v) is 5.93. The summed E-state index contributed by atoms with van der Waals surface area (Å²) >= 11 is 1.12. The van der Waals surface area contributed by atoms with Crippen molar-refractivity contribution in [3.8, 4) is 0 Å². The summed E-state index contributed by atoms with van der Waals surface area (Å²) in [5, 5.41) is 7.75. The lowest BCUT2D eigenvalue weighted by Crippen LogP contribution is -2.31. The lowest BCUT2D eigenvalue weighted by Gasteiger charge is -2.12. The van der Waals surface area contributed by atoms with Crippen LogP contribution in [0.4, 0.5) is 4.39 Å². The van der Waals surface area contributed by atoms with Crippen LogP contribution in [0.2, 0.25) is 0 Å². The number of H-pyrrole nitrogens is 1. The van der Waals surface area contributed by atoms with Gasteiger partial charge in [0.1, 0.15) is 11.2 Å². The Hall–Kier alpha value is -1.34. The molecular weight excluding hydrogens is 247 g/mol. The first-order chi connectivity index (χ1) is 8.02. The highest BCUT2D eigenvalue weighted by Gasteiger charge is 2.28. The number of hydrogen-bond donors (Lipinski definition) is 2. The van der Waals surface area contributed by atoms with E-state index in [9.17, 15) is 14.0 Å². The number of aromatic amines is 1. The summed E-state index contributed by atoms with van der Waals surface area (Å²) in [5.41, 5.74) is -0.649. The van der Waals surface area contributed by atoms with E-state index in [4.69, 9.17) is 5.11 Å². The van der Waals surface area contributed by atoms with Crippen LogP contribution >= 0.6 is 11.8 Å². The van der Waals surface area contributed by atoms with Gasteiger partial charge in [-0.2, -0.15) is 0 Å². The maximum Gasteiger partial charge on any atom is 0.329 e. The van der Waals surface area contributed by atoms with E-state index in [0.29, 0.717) is 5.56 Å². The smallest absolute Gasteiger partial charge is 0.329 e. The van der Waals surface area contributed by atoms with E-state index in [-0.39, 0.29) is 6.61 Å². The second-order valence-corrected chi connectivity index (χ2v) is 5.05. The molecule has 1 aliphatic heterocycles. The molecule has 1 aromatic rings. The van der Waals surface area contributed by atoms with Crippen LogP contribution in [0.25, 0.3) is 0 Å². The van der Waals surface area contributed by atoms with Gasteiger partial charge in [0.05, 0.1) is 11.9 Å². The van der Waals surface area contributed by atoms with Gasteiger partial charge in [-0.1, -0.05) is 0 Å². The second-order valence-electron chi connectivity index (χ2n) is 3.73. The molecule has 0 unspecified atom stereocenters. The minimum absolute atomic E-state index is 0.319. The molecule has 0 radical (unpaired) electrons.